The largest absolute Gasteiger partial charge is 0.294 e. The molecule has 1 aromatic heterocycles. The van der Waals surface area contributed by atoms with Crippen molar-refractivity contribution in [2.75, 3.05) is 0 Å². The Balaban J connectivity index is 2.24. The SMILES string of the molecule is Cc1cccc(C(=O)Cc2cncs2)c1Br. The van der Waals surface area contributed by atoms with Gasteiger partial charge < -0.3 is 0 Å². The van der Waals surface area contributed by atoms with Gasteiger partial charge in [0, 0.05) is 27.5 Å². The number of aryl methyl sites for hydroxylation is 1. The van der Waals surface area contributed by atoms with Crippen molar-refractivity contribution in [2.24, 2.45) is 0 Å². The topological polar surface area (TPSA) is 30.0 Å². The molecule has 0 fully saturated rings. The molecule has 0 atom stereocenters. The molecule has 0 amide bonds. The van der Waals surface area contributed by atoms with E-state index in [-0.39, 0.29) is 5.78 Å². The summed E-state index contributed by atoms with van der Waals surface area (Å²) in [5.41, 5.74) is 3.57. The van der Waals surface area contributed by atoms with E-state index in [0.717, 1.165) is 20.5 Å². The predicted molar refractivity (Wildman–Crippen MR) is 69.0 cm³/mol. The van der Waals surface area contributed by atoms with Crippen molar-refractivity contribution in [3.8, 4) is 0 Å². The van der Waals surface area contributed by atoms with Gasteiger partial charge in [0.25, 0.3) is 0 Å². The van der Waals surface area contributed by atoms with Gasteiger partial charge in [-0.15, -0.1) is 11.3 Å². The van der Waals surface area contributed by atoms with E-state index < -0.39 is 0 Å². The molecule has 1 heterocycles. The van der Waals surface area contributed by atoms with Crippen molar-refractivity contribution in [1.29, 1.82) is 0 Å². The molecule has 82 valence electrons. The van der Waals surface area contributed by atoms with E-state index >= 15 is 0 Å². The van der Waals surface area contributed by atoms with Crippen LogP contribution in [-0.4, -0.2) is 10.8 Å². The second kappa shape index (κ2) is 4.89. The molecule has 0 aliphatic rings. The van der Waals surface area contributed by atoms with Crippen LogP contribution in [0.3, 0.4) is 0 Å². The molecule has 2 rings (SSSR count). The van der Waals surface area contributed by atoms with E-state index in [1.165, 1.54) is 11.3 Å². The quantitative estimate of drug-likeness (QED) is 0.809. The van der Waals surface area contributed by atoms with Crippen molar-refractivity contribution in [2.45, 2.75) is 13.3 Å². The molecule has 0 radical (unpaired) electrons. The highest BCUT2D eigenvalue weighted by molar-refractivity contribution is 9.10. The van der Waals surface area contributed by atoms with E-state index in [1.807, 2.05) is 25.1 Å². The summed E-state index contributed by atoms with van der Waals surface area (Å²) in [4.78, 5) is 17.0. The second-order valence-electron chi connectivity index (χ2n) is 3.50. The van der Waals surface area contributed by atoms with Crippen molar-refractivity contribution >= 4 is 33.0 Å². The van der Waals surface area contributed by atoms with E-state index in [9.17, 15) is 4.79 Å². The fourth-order valence-corrected chi connectivity index (χ4v) is 2.52. The average Bonchev–Trinajstić information content (AvgIpc) is 2.74. The molecule has 4 heteroatoms. The summed E-state index contributed by atoms with van der Waals surface area (Å²) in [6, 6.07) is 5.73. The number of halogens is 1. The zero-order chi connectivity index (χ0) is 11.5. The number of ketones is 1. The van der Waals surface area contributed by atoms with Gasteiger partial charge in [0.05, 0.1) is 5.51 Å². The standard InChI is InChI=1S/C12H10BrNOS/c1-8-3-2-4-10(12(8)13)11(15)5-9-6-14-7-16-9/h2-4,6-7H,5H2,1H3. The molecule has 0 unspecified atom stereocenters. The maximum Gasteiger partial charge on any atom is 0.169 e. The number of carbonyl (C=O) groups is 1. The summed E-state index contributed by atoms with van der Waals surface area (Å²) in [5, 5.41) is 0. The van der Waals surface area contributed by atoms with Gasteiger partial charge >= 0.3 is 0 Å². The summed E-state index contributed by atoms with van der Waals surface area (Å²) >= 11 is 4.96. The number of Topliss-reactive ketones (excluding diaryl/α,β-unsaturated/α-hetero) is 1. The molecule has 0 saturated heterocycles. The minimum Gasteiger partial charge on any atom is -0.294 e. The molecule has 1 aromatic carbocycles. The number of aromatic nitrogens is 1. The van der Waals surface area contributed by atoms with Crippen molar-refractivity contribution in [3.05, 3.63) is 50.4 Å². The zero-order valence-corrected chi connectivity index (χ0v) is 11.1. The minimum absolute atomic E-state index is 0.125. The highest BCUT2D eigenvalue weighted by Gasteiger charge is 2.12. The summed E-state index contributed by atoms with van der Waals surface area (Å²) < 4.78 is 0.893. The Morgan fingerprint density at radius 3 is 3.00 bits per heavy atom. The third-order valence-corrected chi connectivity index (χ3v) is 4.14. The molecule has 0 bridgehead atoms. The molecule has 2 nitrogen and oxygen atoms in total. The van der Waals surface area contributed by atoms with E-state index in [4.69, 9.17) is 0 Å². The number of nitrogens with zero attached hydrogens (tertiary/aromatic N) is 1. The van der Waals surface area contributed by atoms with Crippen LogP contribution >= 0.6 is 27.3 Å². The number of rotatable bonds is 3. The predicted octanol–water partition coefficient (Wildman–Crippen LogP) is 3.64. The summed E-state index contributed by atoms with van der Waals surface area (Å²) in [7, 11) is 0. The molecular formula is C12H10BrNOS. The number of thiazole rings is 1. The smallest absolute Gasteiger partial charge is 0.169 e. The van der Waals surface area contributed by atoms with Crippen LogP contribution in [0.15, 0.2) is 34.4 Å². The molecule has 0 aliphatic heterocycles. The Morgan fingerprint density at radius 2 is 2.31 bits per heavy atom. The van der Waals surface area contributed by atoms with Gasteiger partial charge in [-0.3, -0.25) is 9.78 Å². The number of carbonyl (C=O) groups excluding carboxylic acids is 1. The van der Waals surface area contributed by atoms with Crippen LogP contribution in [0.25, 0.3) is 0 Å². The van der Waals surface area contributed by atoms with Crippen LogP contribution in [0.5, 0.6) is 0 Å². The van der Waals surface area contributed by atoms with Crippen LogP contribution < -0.4 is 0 Å². The number of benzene rings is 1. The van der Waals surface area contributed by atoms with Gasteiger partial charge in [-0.25, -0.2) is 0 Å². The highest BCUT2D eigenvalue weighted by atomic mass is 79.9. The van der Waals surface area contributed by atoms with Gasteiger partial charge in [-0.1, -0.05) is 18.2 Å². The van der Waals surface area contributed by atoms with Crippen molar-refractivity contribution in [3.63, 3.8) is 0 Å². The Labute approximate surface area is 106 Å². The van der Waals surface area contributed by atoms with Crippen LogP contribution in [0.4, 0.5) is 0 Å². The molecule has 0 saturated carbocycles. The van der Waals surface area contributed by atoms with Crippen LogP contribution in [0, 0.1) is 6.92 Å². The van der Waals surface area contributed by atoms with Gasteiger partial charge in [0.1, 0.15) is 0 Å². The first kappa shape index (κ1) is 11.5. The van der Waals surface area contributed by atoms with Crippen molar-refractivity contribution in [1.82, 2.24) is 4.98 Å². The lowest BCUT2D eigenvalue weighted by atomic mass is 10.1. The normalized spacial score (nSPS) is 10.4. The Bertz CT molecular complexity index is 508. The third kappa shape index (κ3) is 2.39. The molecule has 0 spiro atoms. The van der Waals surface area contributed by atoms with Gasteiger partial charge in [-0.2, -0.15) is 0 Å². The summed E-state index contributed by atoms with van der Waals surface area (Å²) in [5.74, 6) is 0.125. The van der Waals surface area contributed by atoms with Gasteiger partial charge in [-0.05, 0) is 28.4 Å². The Kier molecular flexibility index (Phi) is 3.51. The molecule has 2 aromatic rings. The lowest BCUT2D eigenvalue weighted by Gasteiger charge is -2.04. The highest BCUT2D eigenvalue weighted by Crippen LogP contribution is 2.23. The fraction of sp³-hybridized carbons (Fsp3) is 0.167. The first-order valence-corrected chi connectivity index (χ1v) is 6.51. The first-order valence-electron chi connectivity index (χ1n) is 4.84. The Morgan fingerprint density at radius 1 is 1.50 bits per heavy atom. The molecule has 0 aliphatic carbocycles. The first-order chi connectivity index (χ1) is 7.68. The lowest BCUT2D eigenvalue weighted by Crippen LogP contribution is -2.03. The second-order valence-corrected chi connectivity index (χ2v) is 5.27. The fourth-order valence-electron chi connectivity index (χ4n) is 1.45. The van der Waals surface area contributed by atoms with Crippen LogP contribution in [-0.2, 0) is 6.42 Å². The van der Waals surface area contributed by atoms with Crippen LogP contribution in [0.1, 0.15) is 20.8 Å². The average molecular weight is 296 g/mol. The third-order valence-electron chi connectivity index (χ3n) is 2.31. The number of hydrogen-bond acceptors (Lipinski definition) is 3. The van der Waals surface area contributed by atoms with E-state index in [2.05, 4.69) is 20.9 Å². The maximum atomic E-state index is 12.0. The maximum absolute atomic E-state index is 12.0. The number of hydrogen-bond donors (Lipinski definition) is 0. The van der Waals surface area contributed by atoms with E-state index in [1.54, 1.807) is 11.7 Å². The molecular weight excluding hydrogens is 286 g/mol. The molecule has 0 N–H and O–H groups in total. The van der Waals surface area contributed by atoms with Gasteiger partial charge in [0.2, 0.25) is 0 Å². The monoisotopic (exact) mass is 295 g/mol. The minimum atomic E-state index is 0.125. The summed E-state index contributed by atoms with van der Waals surface area (Å²) in [6.07, 6.45) is 2.17. The van der Waals surface area contributed by atoms with Crippen LogP contribution in [0.2, 0.25) is 0 Å². The lowest BCUT2D eigenvalue weighted by molar-refractivity contribution is 0.0993. The Hall–Kier alpha value is -1.00. The zero-order valence-electron chi connectivity index (χ0n) is 8.74. The summed E-state index contributed by atoms with van der Waals surface area (Å²) in [6.45, 7) is 1.98. The molecule has 16 heavy (non-hydrogen) atoms. The van der Waals surface area contributed by atoms with E-state index in [0.29, 0.717) is 6.42 Å². The van der Waals surface area contributed by atoms with Gasteiger partial charge in [0.15, 0.2) is 5.78 Å². The van der Waals surface area contributed by atoms with Crippen molar-refractivity contribution < 1.29 is 4.79 Å².